The van der Waals surface area contributed by atoms with Crippen LogP contribution in [0, 0.1) is 17.7 Å². The molecule has 24 heavy (non-hydrogen) atoms. The number of carbonyl (C=O) groups excluding carboxylic acids is 2. The molecule has 2 saturated carbocycles. The van der Waals surface area contributed by atoms with Crippen molar-refractivity contribution in [3.05, 3.63) is 35.6 Å². The number of hydrogen-bond acceptors (Lipinski definition) is 2. The Hall–Kier alpha value is -1.91. The molecule has 0 radical (unpaired) electrons. The van der Waals surface area contributed by atoms with Gasteiger partial charge in [-0.25, -0.2) is 4.39 Å². The molecule has 2 aliphatic carbocycles. The van der Waals surface area contributed by atoms with Crippen molar-refractivity contribution in [1.29, 1.82) is 0 Å². The fourth-order valence-electron chi connectivity index (χ4n) is 3.45. The molecule has 2 amide bonds. The van der Waals surface area contributed by atoms with Gasteiger partial charge in [0.2, 0.25) is 11.8 Å². The van der Waals surface area contributed by atoms with Crippen LogP contribution in [0.2, 0.25) is 0 Å². The summed E-state index contributed by atoms with van der Waals surface area (Å²) in [7, 11) is 0. The highest BCUT2D eigenvalue weighted by molar-refractivity contribution is 5.82. The van der Waals surface area contributed by atoms with Crippen molar-refractivity contribution in [2.45, 2.75) is 44.4 Å². The Balaban J connectivity index is 1.43. The van der Waals surface area contributed by atoms with Crippen LogP contribution in [0.3, 0.4) is 0 Å². The van der Waals surface area contributed by atoms with Gasteiger partial charge < -0.3 is 10.6 Å². The first-order valence-corrected chi connectivity index (χ1v) is 8.81. The van der Waals surface area contributed by atoms with E-state index >= 15 is 0 Å². The van der Waals surface area contributed by atoms with Crippen molar-refractivity contribution in [3.8, 4) is 0 Å². The van der Waals surface area contributed by atoms with E-state index in [-0.39, 0.29) is 29.0 Å². The highest BCUT2D eigenvalue weighted by Crippen LogP contribution is 2.43. The molecule has 0 heterocycles. The fourth-order valence-corrected chi connectivity index (χ4v) is 3.45. The molecule has 0 spiro atoms. The van der Waals surface area contributed by atoms with E-state index < -0.39 is 0 Å². The van der Waals surface area contributed by atoms with Crippen molar-refractivity contribution in [2.75, 3.05) is 13.1 Å². The van der Waals surface area contributed by atoms with E-state index in [2.05, 4.69) is 17.6 Å². The normalized spacial score (nSPS) is 23.9. The van der Waals surface area contributed by atoms with Crippen LogP contribution in [0.15, 0.2) is 24.3 Å². The molecule has 130 valence electrons. The lowest BCUT2D eigenvalue weighted by molar-refractivity contribution is -0.123. The number of hydrogen-bond donors (Lipinski definition) is 2. The van der Waals surface area contributed by atoms with Crippen LogP contribution in [0.5, 0.6) is 0 Å². The van der Waals surface area contributed by atoms with E-state index in [1.165, 1.54) is 12.1 Å². The van der Waals surface area contributed by atoms with Crippen LogP contribution in [0.4, 0.5) is 4.39 Å². The highest BCUT2D eigenvalue weighted by atomic mass is 19.1. The molecule has 3 rings (SSSR count). The minimum atomic E-state index is -0.238. The third-order valence-corrected chi connectivity index (χ3v) is 5.49. The first kappa shape index (κ1) is 16.9. The standard InChI is InChI=1S/C19H25FN2O2/c1-13-11-16(13)18(24)21-10-7-17(23)22-12-19(8-2-9-19)14-3-5-15(20)6-4-14/h3-6,13,16H,2,7-12H2,1H3,(H,21,24)(H,22,23)/t13-,16-/m1/s1. The fraction of sp³-hybridized carbons (Fsp3) is 0.579. The number of nitrogens with one attached hydrogen (secondary N) is 2. The molecule has 0 aliphatic heterocycles. The molecular weight excluding hydrogens is 307 g/mol. The molecule has 0 bridgehead atoms. The number of rotatable bonds is 7. The van der Waals surface area contributed by atoms with Crippen molar-refractivity contribution in [3.63, 3.8) is 0 Å². The average molecular weight is 332 g/mol. The molecule has 0 saturated heterocycles. The number of amides is 2. The molecule has 4 nitrogen and oxygen atoms in total. The van der Waals surface area contributed by atoms with Gasteiger partial charge in [-0.05, 0) is 42.9 Å². The molecule has 0 aromatic heterocycles. The first-order chi connectivity index (χ1) is 11.5. The van der Waals surface area contributed by atoms with Crippen molar-refractivity contribution < 1.29 is 14.0 Å². The minimum Gasteiger partial charge on any atom is -0.355 e. The van der Waals surface area contributed by atoms with Crippen LogP contribution in [-0.4, -0.2) is 24.9 Å². The highest BCUT2D eigenvalue weighted by Gasteiger charge is 2.39. The maximum absolute atomic E-state index is 13.1. The molecule has 1 aromatic rings. The molecule has 0 unspecified atom stereocenters. The monoisotopic (exact) mass is 332 g/mol. The zero-order valence-electron chi connectivity index (χ0n) is 14.1. The summed E-state index contributed by atoms with van der Waals surface area (Å²) in [6.07, 6.45) is 4.40. The topological polar surface area (TPSA) is 58.2 Å². The average Bonchev–Trinajstić information content (AvgIpc) is 3.25. The van der Waals surface area contributed by atoms with Crippen LogP contribution in [-0.2, 0) is 15.0 Å². The summed E-state index contributed by atoms with van der Waals surface area (Å²) in [4.78, 5) is 23.7. The molecule has 5 heteroatoms. The Bertz CT molecular complexity index is 610. The van der Waals surface area contributed by atoms with Crippen LogP contribution in [0.1, 0.15) is 44.6 Å². The van der Waals surface area contributed by atoms with E-state index in [0.29, 0.717) is 25.4 Å². The first-order valence-electron chi connectivity index (χ1n) is 8.81. The predicted octanol–water partition coefficient (Wildman–Crippen LogP) is 2.53. The summed E-state index contributed by atoms with van der Waals surface area (Å²) >= 11 is 0. The van der Waals surface area contributed by atoms with Gasteiger partial charge in [0.1, 0.15) is 5.82 Å². The van der Waals surface area contributed by atoms with Gasteiger partial charge in [0.25, 0.3) is 0 Å². The summed E-state index contributed by atoms with van der Waals surface area (Å²) in [6, 6.07) is 6.59. The number of benzene rings is 1. The van der Waals surface area contributed by atoms with Gasteiger partial charge in [-0.2, -0.15) is 0 Å². The summed E-state index contributed by atoms with van der Waals surface area (Å²) in [6.45, 7) is 3.02. The van der Waals surface area contributed by atoms with Gasteiger partial charge in [0.05, 0.1) is 0 Å². The predicted molar refractivity (Wildman–Crippen MR) is 89.8 cm³/mol. The minimum absolute atomic E-state index is 0.0486. The van der Waals surface area contributed by atoms with E-state index in [4.69, 9.17) is 0 Å². The Morgan fingerprint density at radius 1 is 1.21 bits per heavy atom. The lowest BCUT2D eigenvalue weighted by Crippen LogP contribution is -2.46. The van der Waals surface area contributed by atoms with Gasteiger partial charge in [-0.15, -0.1) is 0 Å². The van der Waals surface area contributed by atoms with Crippen LogP contribution in [0.25, 0.3) is 0 Å². The van der Waals surface area contributed by atoms with Crippen molar-refractivity contribution in [1.82, 2.24) is 10.6 Å². The molecule has 1 aromatic carbocycles. The summed E-state index contributed by atoms with van der Waals surface area (Å²) < 4.78 is 13.1. The summed E-state index contributed by atoms with van der Waals surface area (Å²) in [5, 5.41) is 5.81. The van der Waals surface area contributed by atoms with Crippen LogP contribution >= 0.6 is 0 Å². The smallest absolute Gasteiger partial charge is 0.223 e. The number of carbonyl (C=O) groups is 2. The summed E-state index contributed by atoms with van der Waals surface area (Å²) in [5.74, 6) is 0.403. The van der Waals surface area contributed by atoms with Gasteiger partial charge in [0.15, 0.2) is 0 Å². The van der Waals surface area contributed by atoms with E-state index in [0.717, 1.165) is 31.2 Å². The second kappa shape index (κ2) is 6.91. The third kappa shape index (κ3) is 3.77. The maximum atomic E-state index is 13.1. The Kier molecular flexibility index (Phi) is 4.88. The van der Waals surface area contributed by atoms with Gasteiger partial charge in [0, 0.05) is 30.8 Å². The molecular formula is C19H25FN2O2. The molecule has 2 N–H and O–H groups in total. The van der Waals surface area contributed by atoms with Gasteiger partial charge in [-0.3, -0.25) is 9.59 Å². The van der Waals surface area contributed by atoms with Gasteiger partial charge in [-0.1, -0.05) is 25.5 Å². The second-order valence-electron chi connectivity index (χ2n) is 7.28. The van der Waals surface area contributed by atoms with E-state index in [1.54, 1.807) is 0 Å². The zero-order valence-corrected chi connectivity index (χ0v) is 14.1. The Labute approximate surface area is 142 Å². The lowest BCUT2D eigenvalue weighted by atomic mass is 9.64. The molecule has 2 fully saturated rings. The Morgan fingerprint density at radius 3 is 2.42 bits per heavy atom. The molecule has 2 atom stereocenters. The van der Waals surface area contributed by atoms with Gasteiger partial charge >= 0.3 is 0 Å². The maximum Gasteiger partial charge on any atom is 0.223 e. The SMILES string of the molecule is C[C@@H]1C[C@H]1C(=O)NCCC(=O)NCC1(c2ccc(F)cc2)CCC1. The lowest BCUT2D eigenvalue weighted by Gasteiger charge is -2.42. The zero-order chi connectivity index (χ0) is 17.2. The third-order valence-electron chi connectivity index (χ3n) is 5.49. The largest absolute Gasteiger partial charge is 0.355 e. The summed E-state index contributed by atoms with van der Waals surface area (Å²) in [5.41, 5.74) is 1.03. The Morgan fingerprint density at radius 2 is 1.88 bits per heavy atom. The second-order valence-corrected chi connectivity index (χ2v) is 7.28. The number of halogens is 1. The van der Waals surface area contributed by atoms with E-state index in [9.17, 15) is 14.0 Å². The van der Waals surface area contributed by atoms with Crippen molar-refractivity contribution in [2.24, 2.45) is 11.8 Å². The quantitative estimate of drug-likeness (QED) is 0.806. The van der Waals surface area contributed by atoms with E-state index in [1.807, 2.05) is 12.1 Å². The van der Waals surface area contributed by atoms with Crippen molar-refractivity contribution >= 4 is 11.8 Å². The van der Waals surface area contributed by atoms with Crippen LogP contribution < -0.4 is 10.6 Å². The molecule has 2 aliphatic rings.